The van der Waals surface area contributed by atoms with E-state index in [1.807, 2.05) is 6.92 Å². The van der Waals surface area contributed by atoms with Gasteiger partial charge >= 0.3 is 0 Å². The van der Waals surface area contributed by atoms with Gasteiger partial charge in [0.1, 0.15) is 10.7 Å². The molecule has 1 unspecified atom stereocenters. The molecular formula is C12H18N4O3S. The highest BCUT2D eigenvalue weighted by molar-refractivity contribution is 7.89. The van der Waals surface area contributed by atoms with E-state index in [0.717, 1.165) is 6.42 Å². The van der Waals surface area contributed by atoms with E-state index in [1.165, 1.54) is 17.1 Å². The molecule has 7 nitrogen and oxygen atoms in total. The molecule has 8 heteroatoms. The molecule has 0 aliphatic carbocycles. The number of rotatable bonds is 6. The average molecular weight is 298 g/mol. The molecule has 2 heterocycles. The Bertz CT molecular complexity index is 661. The van der Waals surface area contributed by atoms with Gasteiger partial charge in [0.05, 0.1) is 12.3 Å². The Morgan fingerprint density at radius 3 is 2.90 bits per heavy atom. The van der Waals surface area contributed by atoms with E-state index in [-0.39, 0.29) is 10.7 Å². The molecule has 0 aliphatic heterocycles. The average Bonchev–Trinajstić information content (AvgIpc) is 2.98. The molecule has 0 saturated carbocycles. The van der Waals surface area contributed by atoms with Crippen molar-refractivity contribution in [3.63, 3.8) is 0 Å². The van der Waals surface area contributed by atoms with Crippen LogP contribution in [-0.2, 0) is 16.6 Å². The summed E-state index contributed by atoms with van der Waals surface area (Å²) in [6, 6.07) is 2.93. The van der Waals surface area contributed by atoms with Gasteiger partial charge < -0.3 is 10.2 Å². The van der Waals surface area contributed by atoms with Crippen LogP contribution in [-0.4, -0.2) is 18.2 Å². The molecule has 2 aromatic rings. The van der Waals surface area contributed by atoms with Crippen LogP contribution < -0.4 is 10.5 Å². The first-order chi connectivity index (χ1) is 9.44. The number of hydrogen-bond acceptors (Lipinski definition) is 5. The van der Waals surface area contributed by atoms with Crippen LogP contribution in [0.4, 0.5) is 5.82 Å². The summed E-state index contributed by atoms with van der Waals surface area (Å²) in [5.41, 5.74) is 5.68. The first-order valence-corrected chi connectivity index (χ1v) is 7.81. The van der Waals surface area contributed by atoms with Crippen LogP contribution in [0.5, 0.6) is 0 Å². The molecule has 0 saturated heterocycles. The van der Waals surface area contributed by atoms with Gasteiger partial charge in [0.2, 0.25) is 10.0 Å². The van der Waals surface area contributed by atoms with E-state index in [0.29, 0.717) is 12.3 Å². The number of anilines is 1. The fourth-order valence-corrected chi connectivity index (χ4v) is 3.15. The van der Waals surface area contributed by atoms with Gasteiger partial charge in [-0.1, -0.05) is 6.92 Å². The Morgan fingerprint density at radius 1 is 1.55 bits per heavy atom. The van der Waals surface area contributed by atoms with Crippen LogP contribution in [0.15, 0.2) is 33.9 Å². The van der Waals surface area contributed by atoms with E-state index >= 15 is 0 Å². The van der Waals surface area contributed by atoms with Crippen molar-refractivity contribution in [3.05, 3.63) is 30.4 Å². The predicted octanol–water partition coefficient (Wildman–Crippen LogP) is 1.51. The Hall–Kier alpha value is -1.80. The lowest BCUT2D eigenvalue weighted by Gasteiger charge is -2.11. The summed E-state index contributed by atoms with van der Waals surface area (Å²) in [6.45, 7) is 4.29. The molecule has 2 aromatic heterocycles. The number of nitrogens with one attached hydrogen (secondary N) is 1. The lowest BCUT2D eigenvalue weighted by Crippen LogP contribution is -2.27. The second kappa shape index (κ2) is 5.68. The molecule has 3 N–H and O–H groups in total. The second-order valence-electron chi connectivity index (χ2n) is 4.50. The molecule has 110 valence electrons. The minimum absolute atomic E-state index is 0.00223. The van der Waals surface area contributed by atoms with E-state index in [2.05, 4.69) is 9.82 Å². The van der Waals surface area contributed by atoms with Crippen molar-refractivity contribution < 1.29 is 12.8 Å². The zero-order valence-corrected chi connectivity index (χ0v) is 12.2. The number of nitrogens with two attached hydrogens (primary N) is 1. The minimum Gasteiger partial charge on any atom is -0.468 e. The van der Waals surface area contributed by atoms with Gasteiger partial charge in [0.25, 0.3) is 0 Å². The molecule has 1 atom stereocenters. The Morgan fingerprint density at radius 2 is 2.30 bits per heavy atom. The first-order valence-electron chi connectivity index (χ1n) is 6.32. The van der Waals surface area contributed by atoms with Gasteiger partial charge in [-0.2, -0.15) is 5.10 Å². The number of nitrogens with zero attached hydrogens (tertiary/aromatic N) is 2. The monoisotopic (exact) mass is 298 g/mol. The van der Waals surface area contributed by atoms with Gasteiger partial charge in [-0.25, -0.2) is 13.1 Å². The summed E-state index contributed by atoms with van der Waals surface area (Å²) in [5.74, 6) is 0.533. The zero-order valence-electron chi connectivity index (χ0n) is 11.4. The highest BCUT2D eigenvalue weighted by Gasteiger charge is 2.24. The van der Waals surface area contributed by atoms with Gasteiger partial charge in [-0.05, 0) is 25.5 Å². The van der Waals surface area contributed by atoms with Crippen molar-refractivity contribution in [1.29, 1.82) is 0 Å². The molecule has 0 radical (unpaired) electrons. The van der Waals surface area contributed by atoms with Crippen molar-refractivity contribution in [3.8, 4) is 0 Å². The van der Waals surface area contributed by atoms with Crippen LogP contribution in [0.25, 0.3) is 0 Å². The molecule has 0 spiro atoms. The van der Waals surface area contributed by atoms with Crippen molar-refractivity contribution in [2.75, 3.05) is 5.73 Å². The third-order valence-electron chi connectivity index (χ3n) is 2.80. The van der Waals surface area contributed by atoms with Crippen molar-refractivity contribution in [2.45, 2.75) is 37.8 Å². The Kier molecular flexibility index (Phi) is 4.15. The molecule has 0 amide bonds. The van der Waals surface area contributed by atoms with Crippen LogP contribution in [0.3, 0.4) is 0 Å². The second-order valence-corrected chi connectivity index (χ2v) is 6.18. The van der Waals surface area contributed by atoms with Crippen molar-refractivity contribution in [1.82, 2.24) is 14.5 Å². The summed E-state index contributed by atoms with van der Waals surface area (Å²) >= 11 is 0. The smallest absolute Gasteiger partial charge is 0.246 e. The normalized spacial score (nSPS) is 13.5. The van der Waals surface area contributed by atoms with Crippen LogP contribution in [0, 0.1) is 0 Å². The topological polar surface area (TPSA) is 103 Å². The van der Waals surface area contributed by atoms with E-state index in [9.17, 15) is 8.42 Å². The van der Waals surface area contributed by atoms with Crippen molar-refractivity contribution >= 4 is 15.8 Å². The summed E-state index contributed by atoms with van der Waals surface area (Å²) < 4.78 is 33.8. The quantitative estimate of drug-likeness (QED) is 0.841. The number of aromatic nitrogens is 2. The fraction of sp³-hybridized carbons (Fsp3) is 0.417. The SMILES string of the molecule is CCCn1cc(S(=O)(=O)NC(C)c2ccco2)c(N)n1. The number of sulfonamides is 1. The summed E-state index contributed by atoms with van der Waals surface area (Å²) in [5, 5.41) is 3.99. The van der Waals surface area contributed by atoms with Gasteiger partial charge in [-0.3, -0.25) is 4.68 Å². The molecule has 0 bridgehead atoms. The predicted molar refractivity (Wildman–Crippen MR) is 74.4 cm³/mol. The Balaban J connectivity index is 2.22. The maximum atomic E-state index is 12.3. The van der Waals surface area contributed by atoms with Crippen LogP contribution in [0.1, 0.15) is 32.1 Å². The highest BCUT2D eigenvalue weighted by atomic mass is 32.2. The zero-order chi connectivity index (χ0) is 14.8. The van der Waals surface area contributed by atoms with E-state index < -0.39 is 16.1 Å². The third kappa shape index (κ3) is 3.02. The minimum atomic E-state index is -3.73. The first kappa shape index (κ1) is 14.6. The van der Waals surface area contributed by atoms with Crippen molar-refractivity contribution in [2.24, 2.45) is 0 Å². The lowest BCUT2D eigenvalue weighted by molar-refractivity contribution is 0.459. The standard InChI is InChI=1S/C12H18N4O3S/c1-3-6-16-8-11(12(13)14-16)20(17,18)15-9(2)10-5-4-7-19-10/h4-5,7-9,15H,3,6H2,1-2H3,(H2,13,14). The number of furan rings is 1. The fourth-order valence-electron chi connectivity index (χ4n) is 1.86. The molecule has 20 heavy (non-hydrogen) atoms. The highest BCUT2D eigenvalue weighted by Crippen LogP contribution is 2.20. The molecular weight excluding hydrogens is 280 g/mol. The number of nitrogen functional groups attached to an aromatic ring is 1. The molecule has 2 rings (SSSR count). The van der Waals surface area contributed by atoms with Gasteiger partial charge in [0, 0.05) is 12.7 Å². The summed E-state index contributed by atoms with van der Waals surface area (Å²) in [6.07, 6.45) is 3.78. The molecule has 0 aliphatic rings. The van der Waals surface area contributed by atoms with Gasteiger partial charge in [-0.15, -0.1) is 0 Å². The largest absolute Gasteiger partial charge is 0.468 e. The third-order valence-corrected chi connectivity index (χ3v) is 4.36. The van der Waals surface area contributed by atoms with Crippen LogP contribution >= 0.6 is 0 Å². The van der Waals surface area contributed by atoms with Gasteiger partial charge in [0.15, 0.2) is 5.82 Å². The number of aryl methyl sites for hydroxylation is 1. The lowest BCUT2D eigenvalue weighted by atomic mass is 10.3. The maximum Gasteiger partial charge on any atom is 0.246 e. The number of hydrogen-bond donors (Lipinski definition) is 2. The van der Waals surface area contributed by atoms with E-state index in [4.69, 9.17) is 10.2 Å². The molecule has 0 fully saturated rings. The Labute approximate surface area is 117 Å². The van der Waals surface area contributed by atoms with Crippen LogP contribution in [0.2, 0.25) is 0 Å². The maximum absolute atomic E-state index is 12.3. The molecule has 0 aromatic carbocycles. The summed E-state index contributed by atoms with van der Waals surface area (Å²) in [4.78, 5) is -0.00986. The van der Waals surface area contributed by atoms with E-state index in [1.54, 1.807) is 19.1 Å². The summed E-state index contributed by atoms with van der Waals surface area (Å²) in [7, 11) is -3.73.